The van der Waals surface area contributed by atoms with E-state index in [9.17, 15) is 0 Å². The van der Waals surface area contributed by atoms with Crippen LogP contribution in [0.25, 0.3) is 0 Å². The second-order valence-corrected chi connectivity index (χ2v) is 2.45. The molecule has 0 aromatic heterocycles. The van der Waals surface area contributed by atoms with E-state index < -0.39 is 8.60 Å². The zero-order valence-corrected chi connectivity index (χ0v) is 5.74. The van der Waals surface area contributed by atoms with Crippen LogP contribution in [0.5, 0.6) is 0 Å². The molecule has 0 saturated carbocycles. The van der Waals surface area contributed by atoms with Crippen molar-refractivity contribution >= 4 is 8.60 Å². The van der Waals surface area contributed by atoms with E-state index in [0.29, 0.717) is 0 Å². The molecule has 0 heterocycles. The average molecular weight is 267 g/mol. The van der Waals surface area contributed by atoms with Crippen LogP contribution in [0.3, 0.4) is 0 Å². The topological polar surface area (TPSA) is 49.7 Å². The molecule has 0 aromatic carbocycles. The maximum absolute atomic E-state index is 7.77. The molecular formula is H2O3PRe. The van der Waals surface area contributed by atoms with E-state index in [2.05, 4.69) is 3.25 Å². The molecular weight excluding hydrogens is 265 g/mol. The summed E-state index contributed by atoms with van der Waals surface area (Å²) in [6.07, 6.45) is 0. The molecule has 0 spiro atoms. The second kappa shape index (κ2) is 3.17. The molecule has 0 aliphatic rings. The first-order chi connectivity index (χ1) is 2.27. The van der Waals surface area contributed by atoms with Crippen LogP contribution in [-0.2, 0) is 22.8 Å². The Morgan fingerprint density at radius 3 is 1.80 bits per heavy atom. The Labute approximate surface area is 41.8 Å². The monoisotopic (exact) mass is 268 g/mol. The third-order valence-corrected chi connectivity index (χ3v) is 1.52. The van der Waals surface area contributed by atoms with Gasteiger partial charge in [-0.15, -0.1) is 0 Å². The third-order valence-electron chi connectivity index (χ3n) is 0.0617. The van der Waals surface area contributed by atoms with Crippen molar-refractivity contribution in [3.05, 3.63) is 0 Å². The van der Waals surface area contributed by atoms with Gasteiger partial charge >= 0.3 is 41.2 Å². The second-order valence-electron chi connectivity index (χ2n) is 0.322. The minimum absolute atomic E-state index is 0.898. The van der Waals surface area contributed by atoms with Gasteiger partial charge in [-0.2, -0.15) is 0 Å². The normalized spacial score (nSPS) is 9.60. The van der Waals surface area contributed by atoms with Crippen LogP contribution in [0.15, 0.2) is 0 Å². The fraction of sp³-hybridized carbons (Fsp3) is 0. The molecule has 0 aliphatic heterocycles. The Balaban J connectivity index is 2.54. The molecule has 0 unspecified atom stereocenters. The summed E-state index contributed by atoms with van der Waals surface area (Å²) in [5.74, 6) is 0. The summed E-state index contributed by atoms with van der Waals surface area (Å²) in [5, 5.41) is 0. The fourth-order valence-corrected chi connectivity index (χ4v) is 0. The zero-order chi connectivity index (χ0) is 4.28. The molecule has 0 rings (SSSR count). The molecule has 0 atom stereocenters. The summed E-state index contributed by atoms with van der Waals surface area (Å²) in [5.41, 5.74) is 0. The van der Waals surface area contributed by atoms with Crippen LogP contribution in [0, 0.1) is 0 Å². The summed E-state index contributed by atoms with van der Waals surface area (Å²) in [7, 11) is -2.07. The number of hydrogen-bond acceptors (Lipinski definition) is 3. The van der Waals surface area contributed by atoms with Crippen molar-refractivity contribution in [2.45, 2.75) is 0 Å². The van der Waals surface area contributed by atoms with Gasteiger partial charge in [0.25, 0.3) is 0 Å². The number of rotatable bonds is 1. The van der Waals surface area contributed by atoms with Gasteiger partial charge in [-0.3, -0.25) is 0 Å². The summed E-state index contributed by atoms with van der Waals surface area (Å²) in [6.45, 7) is 0. The average Bonchev–Trinajstić information content (AvgIpc) is 1.38. The minimum atomic E-state index is -2.07. The fourth-order valence-electron chi connectivity index (χ4n) is 0. The molecule has 3 nitrogen and oxygen atoms in total. The van der Waals surface area contributed by atoms with Gasteiger partial charge in [-0.1, -0.05) is 0 Å². The molecule has 0 aromatic rings. The summed E-state index contributed by atoms with van der Waals surface area (Å²) >= 11 is 0.898. The van der Waals surface area contributed by atoms with Crippen molar-refractivity contribution < 1.29 is 32.6 Å². The van der Waals surface area contributed by atoms with Crippen molar-refractivity contribution in [2.24, 2.45) is 0 Å². The van der Waals surface area contributed by atoms with Gasteiger partial charge in [0.1, 0.15) is 0 Å². The van der Waals surface area contributed by atoms with Crippen molar-refractivity contribution in [2.75, 3.05) is 0 Å². The van der Waals surface area contributed by atoms with Gasteiger partial charge in [0, 0.05) is 0 Å². The first-order valence-electron chi connectivity index (χ1n) is 0.737. The van der Waals surface area contributed by atoms with Gasteiger partial charge in [-0.05, 0) is 0 Å². The van der Waals surface area contributed by atoms with Crippen LogP contribution < -0.4 is 0 Å². The van der Waals surface area contributed by atoms with Gasteiger partial charge in [0.2, 0.25) is 0 Å². The van der Waals surface area contributed by atoms with Crippen molar-refractivity contribution in [1.29, 1.82) is 0 Å². The van der Waals surface area contributed by atoms with E-state index in [0.717, 1.165) is 19.6 Å². The Morgan fingerprint density at radius 2 is 1.80 bits per heavy atom. The van der Waals surface area contributed by atoms with Gasteiger partial charge in [0.15, 0.2) is 0 Å². The SMILES string of the molecule is OP(O)[O][Re]. The van der Waals surface area contributed by atoms with Crippen LogP contribution in [-0.4, -0.2) is 9.79 Å². The summed E-state index contributed by atoms with van der Waals surface area (Å²) < 4.78 is 3.98. The van der Waals surface area contributed by atoms with Crippen molar-refractivity contribution in [1.82, 2.24) is 0 Å². The van der Waals surface area contributed by atoms with E-state index in [1.807, 2.05) is 0 Å². The van der Waals surface area contributed by atoms with Gasteiger partial charge in [-0.25, -0.2) is 0 Å². The standard InChI is InChI=1S/H2O3P.Re/c1-4(2)3;/h1-2H;/q-1;+1. The van der Waals surface area contributed by atoms with E-state index in [4.69, 9.17) is 9.79 Å². The molecule has 0 bridgehead atoms. The van der Waals surface area contributed by atoms with E-state index in [1.165, 1.54) is 0 Å². The quantitative estimate of drug-likeness (QED) is 0.640. The first kappa shape index (κ1) is 5.97. The Kier molecular flexibility index (Phi) is 3.79. The molecule has 5 heteroatoms. The molecule has 0 amide bonds. The van der Waals surface area contributed by atoms with E-state index in [-0.39, 0.29) is 0 Å². The molecule has 2 N–H and O–H groups in total. The molecule has 0 fully saturated rings. The van der Waals surface area contributed by atoms with Crippen molar-refractivity contribution in [3.63, 3.8) is 0 Å². The predicted molar refractivity (Wildman–Crippen MR) is 12.4 cm³/mol. The summed E-state index contributed by atoms with van der Waals surface area (Å²) in [6, 6.07) is 0. The molecule has 32 valence electrons. The molecule has 0 radical (unpaired) electrons. The Morgan fingerprint density at radius 1 is 1.60 bits per heavy atom. The van der Waals surface area contributed by atoms with E-state index in [1.54, 1.807) is 0 Å². The van der Waals surface area contributed by atoms with E-state index >= 15 is 0 Å². The zero-order valence-electron chi connectivity index (χ0n) is 2.13. The van der Waals surface area contributed by atoms with Crippen LogP contribution in [0.1, 0.15) is 0 Å². The Bertz CT molecular complexity index is 20.9. The van der Waals surface area contributed by atoms with Gasteiger partial charge < -0.3 is 0 Å². The third kappa shape index (κ3) is 4.97. The summed E-state index contributed by atoms with van der Waals surface area (Å²) in [4.78, 5) is 15.5. The van der Waals surface area contributed by atoms with Gasteiger partial charge in [0.05, 0.1) is 0 Å². The van der Waals surface area contributed by atoms with Crippen LogP contribution in [0.4, 0.5) is 0 Å². The molecule has 0 aliphatic carbocycles. The maximum atomic E-state index is 7.77. The van der Waals surface area contributed by atoms with Crippen LogP contribution >= 0.6 is 8.60 Å². The number of hydrogen-bond donors (Lipinski definition) is 2. The van der Waals surface area contributed by atoms with Crippen molar-refractivity contribution in [3.8, 4) is 0 Å². The first-order valence-corrected chi connectivity index (χ1v) is 3.01. The Hall–Kier alpha value is 0.972. The predicted octanol–water partition coefficient (Wildman–Crippen LogP) is -0.324. The molecule has 5 heavy (non-hydrogen) atoms. The van der Waals surface area contributed by atoms with Crippen LogP contribution in [0.2, 0.25) is 0 Å². The molecule has 0 saturated heterocycles.